The largest absolute Gasteiger partial charge is 0.376 e. The normalized spacial score (nSPS) is 29.2. The third-order valence-electron chi connectivity index (χ3n) is 3.11. The Morgan fingerprint density at radius 2 is 2.23 bits per heavy atom. The zero-order valence-corrected chi connectivity index (χ0v) is 8.52. The van der Waals surface area contributed by atoms with E-state index in [4.69, 9.17) is 10.5 Å². The molecule has 0 aromatic rings. The molecule has 1 rings (SSSR count). The van der Waals surface area contributed by atoms with Gasteiger partial charge in [-0.3, -0.25) is 4.79 Å². The van der Waals surface area contributed by atoms with Crippen LogP contribution in [0.1, 0.15) is 26.7 Å². The van der Waals surface area contributed by atoms with Crippen LogP contribution in [0.3, 0.4) is 0 Å². The number of amides is 1. The van der Waals surface area contributed by atoms with E-state index in [0.29, 0.717) is 0 Å². The van der Waals surface area contributed by atoms with Crippen LogP contribution in [-0.2, 0) is 9.53 Å². The molecular weight excluding hydrogens is 168 g/mol. The van der Waals surface area contributed by atoms with E-state index in [9.17, 15) is 4.79 Å². The Morgan fingerprint density at radius 3 is 2.54 bits per heavy atom. The molecule has 0 saturated carbocycles. The van der Waals surface area contributed by atoms with Gasteiger partial charge >= 0.3 is 0 Å². The number of carbonyl (C=O) groups is 1. The molecule has 0 bridgehead atoms. The van der Waals surface area contributed by atoms with Crippen LogP contribution in [-0.4, -0.2) is 30.7 Å². The predicted molar refractivity (Wildman–Crippen MR) is 50.3 cm³/mol. The number of primary amides is 1. The van der Waals surface area contributed by atoms with Crippen LogP contribution in [0.25, 0.3) is 0 Å². The van der Waals surface area contributed by atoms with Gasteiger partial charge in [0.1, 0.15) is 5.54 Å². The Hall–Kier alpha value is -0.610. The van der Waals surface area contributed by atoms with Crippen LogP contribution >= 0.6 is 0 Å². The van der Waals surface area contributed by atoms with Crippen molar-refractivity contribution in [1.29, 1.82) is 0 Å². The minimum atomic E-state index is -0.693. The first kappa shape index (κ1) is 10.5. The van der Waals surface area contributed by atoms with E-state index < -0.39 is 11.1 Å². The average molecular weight is 186 g/mol. The van der Waals surface area contributed by atoms with Crippen molar-refractivity contribution in [3.05, 3.63) is 0 Å². The van der Waals surface area contributed by atoms with E-state index in [-0.39, 0.29) is 5.91 Å². The maximum Gasteiger partial charge on any atom is 0.240 e. The molecule has 1 aliphatic heterocycles. The number of nitrogens with one attached hydrogen (secondary N) is 1. The van der Waals surface area contributed by atoms with Gasteiger partial charge in [-0.2, -0.15) is 0 Å². The van der Waals surface area contributed by atoms with Crippen molar-refractivity contribution >= 4 is 5.91 Å². The molecule has 4 nitrogen and oxygen atoms in total. The highest BCUT2D eigenvalue weighted by Crippen LogP contribution is 2.32. The zero-order valence-electron chi connectivity index (χ0n) is 8.52. The standard InChI is InChI=1S/C9H18N2O2/c1-8(2,13-3)9(7(10)12)5-4-6-11-9/h11H,4-6H2,1-3H3,(H2,10,12)/t9-/m0/s1. The lowest BCUT2D eigenvalue weighted by Gasteiger charge is -2.40. The highest BCUT2D eigenvalue weighted by Gasteiger charge is 2.52. The van der Waals surface area contributed by atoms with Gasteiger partial charge in [0.2, 0.25) is 5.91 Å². The molecule has 3 N–H and O–H groups in total. The second kappa shape index (κ2) is 3.27. The van der Waals surface area contributed by atoms with Crippen LogP contribution in [0.5, 0.6) is 0 Å². The van der Waals surface area contributed by atoms with E-state index >= 15 is 0 Å². The van der Waals surface area contributed by atoms with E-state index in [1.165, 1.54) is 0 Å². The molecule has 4 heteroatoms. The Kier molecular flexibility index (Phi) is 2.63. The molecule has 76 valence electrons. The lowest BCUT2D eigenvalue weighted by atomic mass is 9.80. The number of carbonyl (C=O) groups excluding carboxylic acids is 1. The van der Waals surface area contributed by atoms with E-state index in [2.05, 4.69) is 5.32 Å². The first-order valence-corrected chi connectivity index (χ1v) is 4.56. The number of nitrogens with two attached hydrogens (primary N) is 1. The van der Waals surface area contributed by atoms with Crippen molar-refractivity contribution in [3.8, 4) is 0 Å². The van der Waals surface area contributed by atoms with Gasteiger partial charge in [-0.1, -0.05) is 0 Å². The Labute approximate surface area is 78.8 Å². The number of methoxy groups -OCH3 is 1. The number of hydrogen-bond acceptors (Lipinski definition) is 3. The van der Waals surface area contributed by atoms with Crippen LogP contribution < -0.4 is 11.1 Å². The summed E-state index contributed by atoms with van der Waals surface area (Å²) in [6.07, 6.45) is 1.72. The summed E-state index contributed by atoms with van der Waals surface area (Å²) in [6, 6.07) is 0. The van der Waals surface area contributed by atoms with Gasteiger partial charge in [-0.15, -0.1) is 0 Å². The predicted octanol–water partition coefficient (Wildman–Crippen LogP) is 0.0189. The molecule has 0 unspecified atom stereocenters. The summed E-state index contributed by atoms with van der Waals surface area (Å²) < 4.78 is 5.32. The van der Waals surface area contributed by atoms with Crippen LogP contribution in [0.15, 0.2) is 0 Å². The van der Waals surface area contributed by atoms with Gasteiger partial charge in [0, 0.05) is 7.11 Å². The van der Waals surface area contributed by atoms with Crippen LogP contribution in [0, 0.1) is 0 Å². The van der Waals surface area contributed by atoms with Gasteiger partial charge in [-0.25, -0.2) is 0 Å². The van der Waals surface area contributed by atoms with E-state index in [1.54, 1.807) is 7.11 Å². The first-order valence-electron chi connectivity index (χ1n) is 4.56. The van der Waals surface area contributed by atoms with Crippen molar-refractivity contribution in [1.82, 2.24) is 5.32 Å². The molecule has 1 atom stereocenters. The smallest absolute Gasteiger partial charge is 0.240 e. The fraction of sp³-hybridized carbons (Fsp3) is 0.889. The fourth-order valence-electron chi connectivity index (χ4n) is 1.94. The zero-order chi connectivity index (χ0) is 10.1. The third-order valence-corrected chi connectivity index (χ3v) is 3.11. The quantitative estimate of drug-likeness (QED) is 0.653. The molecule has 0 aromatic heterocycles. The van der Waals surface area contributed by atoms with Crippen molar-refractivity contribution in [2.24, 2.45) is 5.73 Å². The molecule has 0 aromatic carbocycles. The van der Waals surface area contributed by atoms with Crippen LogP contribution in [0.4, 0.5) is 0 Å². The summed E-state index contributed by atoms with van der Waals surface area (Å²) in [5, 5.41) is 3.16. The Bertz CT molecular complexity index is 208. The number of rotatable bonds is 3. The molecule has 1 fully saturated rings. The summed E-state index contributed by atoms with van der Waals surface area (Å²) in [4.78, 5) is 11.4. The maximum atomic E-state index is 11.4. The topological polar surface area (TPSA) is 64.3 Å². The minimum Gasteiger partial charge on any atom is -0.376 e. The second-order valence-electron chi connectivity index (χ2n) is 4.01. The summed E-state index contributed by atoms with van der Waals surface area (Å²) in [7, 11) is 1.60. The van der Waals surface area contributed by atoms with Gasteiger partial charge in [-0.05, 0) is 33.2 Å². The number of hydrogen-bond donors (Lipinski definition) is 2. The van der Waals surface area contributed by atoms with E-state index in [1.807, 2.05) is 13.8 Å². The highest BCUT2D eigenvalue weighted by molar-refractivity contribution is 5.86. The lowest BCUT2D eigenvalue weighted by molar-refractivity contribution is -0.136. The molecule has 1 saturated heterocycles. The first-order chi connectivity index (χ1) is 5.96. The van der Waals surface area contributed by atoms with Gasteiger partial charge < -0.3 is 15.8 Å². The summed E-state index contributed by atoms with van der Waals surface area (Å²) in [5.74, 6) is -0.322. The monoisotopic (exact) mass is 186 g/mol. The fourth-order valence-corrected chi connectivity index (χ4v) is 1.94. The summed E-state index contributed by atoms with van der Waals surface area (Å²) in [6.45, 7) is 4.60. The third kappa shape index (κ3) is 1.44. The molecule has 0 radical (unpaired) electrons. The summed E-state index contributed by atoms with van der Waals surface area (Å²) in [5.41, 5.74) is 4.17. The van der Waals surface area contributed by atoms with Crippen molar-refractivity contribution in [3.63, 3.8) is 0 Å². The number of ether oxygens (including phenoxy) is 1. The minimum absolute atomic E-state index is 0.322. The molecule has 13 heavy (non-hydrogen) atoms. The van der Waals surface area contributed by atoms with Crippen LogP contribution in [0.2, 0.25) is 0 Å². The molecule has 0 spiro atoms. The van der Waals surface area contributed by atoms with Gasteiger partial charge in [0.15, 0.2) is 0 Å². The SMILES string of the molecule is COC(C)(C)[C@@]1(C(N)=O)CCCN1. The lowest BCUT2D eigenvalue weighted by Crippen LogP contribution is -2.65. The molecule has 1 heterocycles. The summed E-state index contributed by atoms with van der Waals surface area (Å²) >= 11 is 0. The van der Waals surface area contributed by atoms with Crippen molar-refractivity contribution in [2.45, 2.75) is 37.8 Å². The Balaban J connectivity index is 2.97. The van der Waals surface area contributed by atoms with Crippen molar-refractivity contribution < 1.29 is 9.53 Å². The second-order valence-corrected chi connectivity index (χ2v) is 4.01. The molecule has 0 aliphatic carbocycles. The average Bonchev–Trinajstić information content (AvgIpc) is 2.53. The van der Waals surface area contributed by atoms with Gasteiger partial charge in [0.25, 0.3) is 0 Å². The molecule has 1 amide bonds. The van der Waals surface area contributed by atoms with Crippen molar-refractivity contribution in [2.75, 3.05) is 13.7 Å². The molecular formula is C9H18N2O2. The van der Waals surface area contributed by atoms with E-state index in [0.717, 1.165) is 19.4 Å². The van der Waals surface area contributed by atoms with Gasteiger partial charge in [0.05, 0.1) is 5.60 Å². The molecule has 1 aliphatic rings. The highest BCUT2D eigenvalue weighted by atomic mass is 16.5. The Morgan fingerprint density at radius 1 is 1.62 bits per heavy atom. The maximum absolute atomic E-state index is 11.4.